The Hall–Kier alpha value is -1.36. The van der Waals surface area contributed by atoms with Gasteiger partial charge in [-0.05, 0) is 6.07 Å². The van der Waals surface area contributed by atoms with Gasteiger partial charge in [-0.1, -0.05) is 11.6 Å². The van der Waals surface area contributed by atoms with E-state index in [1.165, 1.54) is 19.2 Å². The van der Waals surface area contributed by atoms with Crippen molar-refractivity contribution in [2.75, 3.05) is 18.4 Å². The van der Waals surface area contributed by atoms with Gasteiger partial charge in [-0.2, -0.15) is 0 Å². The van der Waals surface area contributed by atoms with Crippen molar-refractivity contribution >= 4 is 23.3 Å². The standard InChI is InChI=1S/C9H11ClFN3O/c1-6(15)12-2-3-13-9-8(11)4-7(10)5-14-9/h4-5H,2-3H2,1H3,(H,12,15)(H,13,14). The fraction of sp³-hybridized carbons (Fsp3) is 0.333. The van der Waals surface area contributed by atoms with Gasteiger partial charge in [0.2, 0.25) is 5.91 Å². The molecule has 1 aromatic rings. The van der Waals surface area contributed by atoms with E-state index in [4.69, 9.17) is 11.6 Å². The number of carbonyl (C=O) groups is 1. The monoisotopic (exact) mass is 231 g/mol. The molecule has 0 radical (unpaired) electrons. The van der Waals surface area contributed by atoms with E-state index >= 15 is 0 Å². The van der Waals surface area contributed by atoms with Crippen molar-refractivity contribution in [3.05, 3.63) is 23.1 Å². The minimum Gasteiger partial charge on any atom is -0.366 e. The van der Waals surface area contributed by atoms with Gasteiger partial charge in [-0.3, -0.25) is 4.79 Å². The van der Waals surface area contributed by atoms with Gasteiger partial charge >= 0.3 is 0 Å². The molecule has 0 atom stereocenters. The number of pyridine rings is 1. The van der Waals surface area contributed by atoms with Gasteiger partial charge in [0.25, 0.3) is 0 Å². The minimum atomic E-state index is -0.509. The summed E-state index contributed by atoms with van der Waals surface area (Å²) in [5.41, 5.74) is 0. The zero-order valence-corrected chi connectivity index (χ0v) is 8.94. The predicted molar refractivity (Wildman–Crippen MR) is 56.4 cm³/mol. The number of amides is 1. The van der Waals surface area contributed by atoms with Crippen LogP contribution in [0, 0.1) is 5.82 Å². The number of rotatable bonds is 4. The van der Waals surface area contributed by atoms with E-state index in [1.54, 1.807) is 0 Å². The number of anilines is 1. The average molecular weight is 232 g/mol. The summed E-state index contributed by atoms with van der Waals surface area (Å²) in [6.07, 6.45) is 1.35. The Labute approximate surface area is 91.8 Å². The molecule has 4 nitrogen and oxygen atoms in total. The third-order valence-electron chi connectivity index (χ3n) is 1.60. The number of nitrogens with zero attached hydrogens (tertiary/aromatic N) is 1. The molecule has 0 aliphatic heterocycles. The summed E-state index contributed by atoms with van der Waals surface area (Å²) in [6, 6.07) is 1.18. The molecular formula is C9H11ClFN3O. The second kappa shape index (κ2) is 5.50. The van der Waals surface area contributed by atoms with Gasteiger partial charge in [0.15, 0.2) is 11.6 Å². The lowest BCUT2D eigenvalue weighted by Gasteiger charge is -2.06. The summed E-state index contributed by atoms with van der Waals surface area (Å²) in [4.78, 5) is 14.3. The van der Waals surface area contributed by atoms with Crippen LogP contribution in [0.15, 0.2) is 12.3 Å². The molecule has 0 saturated carbocycles. The third-order valence-corrected chi connectivity index (χ3v) is 1.81. The summed E-state index contributed by atoms with van der Waals surface area (Å²) in [5.74, 6) is -0.503. The predicted octanol–water partition coefficient (Wildman–Crippen LogP) is 1.42. The van der Waals surface area contributed by atoms with E-state index in [0.717, 1.165) is 0 Å². The maximum atomic E-state index is 13.1. The average Bonchev–Trinajstić information content (AvgIpc) is 2.14. The Morgan fingerprint density at radius 2 is 2.33 bits per heavy atom. The van der Waals surface area contributed by atoms with Crippen molar-refractivity contribution in [3.63, 3.8) is 0 Å². The highest BCUT2D eigenvalue weighted by Gasteiger charge is 2.03. The zero-order chi connectivity index (χ0) is 11.3. The summed E-state index contributed by atoms with van der Waals surface area (Å²) in [5, 5.41) is 5.55. The van der Waals surface area contributed by atoms with Crippen LogP contribution in [0.4, 0.5) is 10.2 Å². The molecule has 0 aromatic carbocycles. The molecule has 6 heteroatoms. The lowest BCUT2D eigenvalue weighted by atomic mass is 10.4. The van der Waals surface area contributed by atoms with E-state index in [9.17, 15) is 9.18 Å². The molecule has 0 unspecified atom stereocenters. The van der Waals surface area contributed by atoms with Gasteiger partial charge in [0, 0.05) is 26.2 Å². The van der Waals surface area contributed by atoms with Crippen LogP contribution in [0.25, 0.3) is 0 Å². The van der Waals surface area contributed by atoms with E-state index < -0.39 is 5.82 Å². The van der Waals surface area contributed by atoms with Crippen molar-refractivity contribution in [1.29, 1.82) is 0 Å². The molecule has 1 amide bonds. The highest BCUT2D eigenvalue weighted by Crippen LogP contribution is 2.14. The Morgan fingerprint density at radius 3 is 2.93 bits per heavy atom. The van der Waals surface area contributed by atoms with Gasteiger partial charge in [0.1, 0.15) is 0 Å². The third kappa shape index (κ3) is 4.12. The minimum absolute atomic E-state index is 0.124. The molecule has 0 saturated heterocycles. The number of carbonyl (C=O) groups excluding carboxylic acids is 1. The summed E-state index contributed by atoms with van der Waals surface area (Å²) in [6.45, 7) is 2.24. The van der Waals surface area contributed by atoms with Crippen molar-refractivity contribution < 1.29 is 9.18 Å². The van der Waals surface area contributed by atoms with Crippen LogP contribution >= 0.6 is 11.6 Å². The smallest absolute Gasteiger partial charge is 0.216 e. The van der Waals surface area contributed by atoms with Crippen molar-refractivity contribution in [3.8, 4) is 0 Å². The van der Waals surface area contributed by atoms with Gasteiger partial charge in [-0.15, -0.1) is 0 Å². The quantitative estimate of drug-likeness (QED) is 0.771. The van der Waals surface area contributed by atoms with E-state index in [1.807, 2.05) is 0 Å². The molecule has 1 aromatic heterocycles. The van der Waals surface area contributed by atoms with E-state index in [-0.39, 0.29) is 16.7 Å². The van der Waals surface area contributed by atoms with Gasteiger partial charge in [0.05, 0.1) is 5.02 Å². The summed E-state index contributed by atoms with van der Waals surface area (Å²) in [7, 11) is 0. The molecule has 0 fully saturated rings. The molecular weight excluding hydrogens is 221 g/mol. The van der Waals surface area contributed by atoms with Crippen LogP contribution in [0.5, 0.6) is 0 Å². The first-order chi connectivity index (χ1) is 7.09. The van der Waals surface area contributed by atoms with Crippen LogP contribution < -0.4 is 10.6 Å². The number of aromatic nitrogens is 1. The fourth-order valence-corrected chi connectivity index (χ4v) is 1.11. The molecule has 0 aliphatic carbocycles. The van der Waals surface area contributed by atoms with Gasteiger partial charge < -0.3 is 10.6 Å². The van der Waals surface area contributed by atoms with Crippen molar-refractivity contribution in [1.82, 2.24) is 10.3 Å². The number of hydrogen-bond acceptors (Lipinski definition) is 3. The fourth-order valence-electron chi connectivity index (χ4n) is 0.964. The topological polar surface area (TPSA) is 54.0 Å². The summed E-state index contributed by atoms with van der Waals surface area (Å²) < 4.78 is 13.1. The Bertz CT molecular complexity index is 359. The largest absolute Gasteiger partial charge is 0.366 e. The number of hydrogen-bond donors (Lipinski definition) is 2. The van der Waals surface area contributed by atoms with Gasteiger partial charge in [-0.25, -0.2) is 9.37 Å². The second-order valence-electron chi connectivity index (χ2n) is 2.89. The molecule has 15 heavy (non-hydrogen) atoms. The van der Waals surface area contributed by atoms with Crippen LogP contribution in [0.1, 0.15) is 6.92 Å². The van der Waals surface area contributed by atoms with Crippen molar-refractivity contribution in [2.24, 2.45) is 0 Å². The highest BCUT2D eigenvalue weighted by atomic mass is 35.5. The first-order valence-corrected chi connectivity index (χ1v) is 4.76. The maximum Gasteiger partial charge on any atom is 0.216 e. The summed E-state index contributed by atoms with van der Waals surface area (Å²) >= 11 is 5.53. The Morgan fingerprint density at radius 1 is 1.60 bits per heavy atom. The lowest BCUT2D eigenvalue weighted by molar-refractivity contribution is -0.118. The first-order valence-electron chi connectivity index (χ1n) is 4.39. The molecule has 0 spiro atoms. The zero-order valence-electron chi connectivity index (χ0n) is 8.18. The Kier molecular flexibility index (Phi) is 4.30. The van der Waals surface area contributed by atoms with Crippen LogP contribution in [-0.2, 0) is 4.79 Å². The normalized spacial score (nSPS) is 9.80. The first kappa shape index (κ1) is 11.7. The molecule has 82 valence electrons. The van der Waals surface area contributed by atoms with Crippen molar-refractivity contribution in [2.45, 2.75) is 6.92 Å². The lowest BCUT2D eigenvalue weighted by Crippen LogP contribution is -2.26. The molecule has 1 rings (SSSR count). The molecule has 0 bridgehead atoms. The van der Waals surface area contributed by atoms with E-state index in [2.05, 4.69) is 15.6 Å². The second-order valence-corrected chi connectivity index (χ2v) is 3.33. The van der Waals surface area contributed by atoms with Crippen LogP contribution in [0.3, 0.4) is 0 Å². The number of nitrogens with one attached hydrogen (secondary N) is 2. The van der Waals surface area contributed by atoms with Crippen LogP contribution in [-0.4, -0.2) is 24.0 Å². The molecule has 1 heterocycles. The number of halogens is 2. The highest BCUT2D eigenvalue weighted by molar-refractivity contribution is 6.30. The Balaban J connectivity index is 2.40. The SMILES string of the molecule is CC(=O)NCCNc1ncc(Cl)cc1F. The van der Waals surface area contributed by atoms with Crippen LogP contribution in [0.2, 0.25) is 5.02 Å². The molecule has 2 N–H and O–H groups in total. The molecule has 0 aliphatic rings. The maximum absolute atomic E-state index is 13.1. The van der Waals surface area contributed by atoms with E-state index in [0.29, 0.717) is 13.1 Å².